The first-order chi connectivity index (χ1) is 15.3. The van der Waals surface area contributed by atoms with Gasteiger partial charge >= 0.3 is 0 Å². The zero-order valence-electron chi connectivity index (χ0n) is 17.2. The van der Waals surface area contributed by atoms with Gasteiger partial charge in [-0.3, -0.25) is 19.2 Å². The molecule has 2 aromatic carbocycles. The molecular weight excluding hydrogens is 414 g/mol. The van der Waals surface area contributed by atoms with Crippen molar-refractivity contribution in [3.05, 3.63) is 65.7 Å². The fourth-order valence-corrected chi connectivity index (χ4v) is 3.21. The van der Waals surface area contributed by atoms with Crippen LogP contribution in [0.3, 0.4) is 0 Å². The minimum Gasteiger partial charge on any atom is -0.508 e. The maximum absolute atomic E-state index is 12.8. The van der Waals surface area contributed by atoms with E-state index in [2.05, 4.69) is 21.3 Å². The Bertz CT molecular complexity index is 980. The van der Waals surface area contributed by atoms with E-state index in [1.54, 1.807) is 12.1 Å². The van der Waals surface area contributed by atoms with Crippen molar-refractivity contribution < 1.29 is 24.3 Å². The van der Waals surface area contributed by atoms with E-state index in [-0.39, 0.29) is 25.1 Å². The van der Waals surface area contributed by atoms with Crippen molar-refractivity contribution in [1.29, 1.82) is 0 Å². The Kier molecular flexibility index (Phi) is 7.40. The largest absolute Gasteiger partial charge is 0.508 e. The number of amides is 4. The zero-order valence-corrected chi connectivity index (χ0v) is 17.2. The van der Waals surface area contributed by atoms with E-state index < -0.39 is 41.9 Å². The molecule has 10 heteroatoms. The third-order valence-electron chi connectivity index (χ3n) is 4.92. The number of hydrogen-bond donors (Lipinski definition) is 6. The van der Waals surface area contributed by atoms with Crippen LogP contribution in [0.25, 0.3) is 0 Å². The molecule has 0 aromatic heterocycles. The van der Waals surface area contributed by atoms with Crippen molar-refractivity contribution in [1.82, 2.24) is 21.3 Å². The predicted molar refractivity (Wildman–Crippen MR) is 115 cm³/mol. The number of phenolic OH excluding ortho intramolecular Hbond substituents is 1. The van der Waals surface area contributed by atoms with E-state index >= 15 is 0 Å². The fourth-order valence-electron chi connectivity index (χ4n) is 3.21. The topological polar surface area (TPSA) is 163 Å². The van der Waals surface area contributed by atoms with E-state index in [9.17, 15) is 24.3 Å². The Hall–Kier alpha value is -3.92. The van der Waals surface area contributed by atoms with Gasteiger partial charge in [0.05, 0.1) is 12.6 Å². The van der Waals surface area contributed by atoms with Gasteiger partial charge in [0.25, 0.3) is 5.91 Å². The lowest BCUT2D eigenvalue weighted by molar-refractivity contribution is -0.133. The van der Waals surface area contributed by atoms with Gasteiger partial charge in [-0.05, 0) is 29.7 Å². The molecule has 1 aliphatic rings. The lowest BCUT2D eigenvalue weighted by atomic mass is 10.0. The molecule has 10 nitrogen and oxygen atoms in total. The highest BCUT2D eigenvalue weighted by atomic mass is 16.3. The predicted octanol–water partition coefficient (Wildman–Crippen LogP) is -1.32. The van der Waals surface area contributed by atoms with Gasteiger partial charge in [0.2, 0.25) is 17.7 Å². The van der Waals surface area contributed by atoms with Crippen LogP contribution < -0.4 is 27.0 Å². The molecule has 1 fully saturated rings. The molecule has 1 heterocycles. The second-order valence-corrected chi connectivity index (χ2v) is 7.45. The summed E-state index contributed by atoms with van der Waals surface area (Å²) >= 11 is 0. The summed E-state index contributed by atoms with van der Waals surface area (Å²) in [4.78, 5) is 49.9. The number of hydrogen-bond acceptors (Lipinski definition) is 6. The molecule has 32 heavy (non-hydrogen) atoms. The molecule has 168 valence electrons. The number of nitrogens with one attached hydrogen (secondary N) is 4. The second-order valence-electron chi connectivity index (χ2n) is 7.45. The average molecular weight is 439 g/mol. The number of rotatable bonds is 6. The number of benzene rings is 2. The second kappa shape index (κ2) is 10.4. The Labute approximate surface area is 184 Å². The normalized spacial score (nSPS) is 20.0. The van der Waals surface area contributed by atoms with Crippen molar-refractivity contribution in [2.45, 2.75) is 31.1 Å². The highest BCUT2D eigenvalue weighted by molar-refractivity contribution is 5.97. The summed E-state index contributed by atoms with van der Waals surface area (Å²) in [5, 5.41) is 19.2. The van der Waals surface area contributed by atoms with Crippen molar-refractivity contribution in [3.8, 4) is 5.75 Å². The lowest BCUT2D eigenvalue weighted by Crippen LogP contribution is -2.60. The Morgan fingerprint density at radius 2 is 1.69 bits per heavy atom. The third-order valence-corrected chi connectivity index (χ3v) is 4.92. The van der Waals surface area contributed by atoms with Gasteiger partial charge in [0.1, 0.15) is 11.8 Å². The molecule has 0 aliphatic carbocycles. The maximum atomic E-state index is 12.8. The molecule has 7 N–H and O–H groups in total. The molecule has 1 saturated heterocycles. The molecule has 3 rings (SSSR count). The van der Waals surface area contributed by atoms with Crippen LogP contribution in [0.1, 0.15) is 11.1 Å². The highest BCUT2D eigenvalue weighted by Crippen LogP contribution is 2.11. The third kappa shape index (κ3) is 6.29. The fraction of sp³-hybridized carbons (Fsp3) is 0.273. The van der Waals surface area contributed by atoms with Crippen LogP contribution in [0.5, 0.6) is 5.75 Å². The number of nitrogens with two attached hydrogens (primary N) is 1. The summed E-state index contributed by atoms with van der Waals surface area (Å²) in [7, 11) is 0. The standard InChI is InChI=1S/C22H25N5O5/c23-16(10-14-6-8-15(28)9-7-14)20(30)26-19-22(32)24-12-18(29)25-17(21(31)27-19)11-13-4-2-1-3-5-13/h1-9,16-17,19,28H,10-12,23H2,(H,24,32)(H,25,29)(H,26,30)(H,27,31)/t16-,17-,19+/m0/s1. The van der Waals surface area contributed by atoms with Crippen molar-refractivity contribution in [2.24, 2.45) is 5.73 Å². The summed E-state index contributed by atoms with van der Waals surface area (Å²) in [5.41, 5.74) is 7.49. The minimum atomic E-state index is -1.40. The van der Waals surface area contributed by atoms with Gasteiger partial charge in [-0.2, -0.15) is 0 Å². The van der Waals surface area contributed by atoms with Gasteiger partial charge in [-0.1, -0.05) is 42.5 Å². The molecule has 3 atom stereocenters. The first kappa shape index (κ1) is 22.8. The zero-order chi connectivity index (χ0) is 23.1. The molecule has 2 aromatic rings. The SMILES string of the molecule is N[C@@H](Cc1ccc(O)cc1)C(=O)N[C@@H]1NC(=O)[C@H](Cc2ccccc2)NC(=O)CNC1=O. The van der Waals surface area contributed by atoms with Crippen LogP contribution in [-0.4, -0.2) is 53.5 Å². The van der Waals surface area contributed by atoms with Gasteiger partial charge in [0, 0.05) is 6.42 Å². The first-order valence-electron chi connectivity index (χ1n) is 10.1. The van der Waals surface area contributed by atoms with E-state index in [0.717, 1.165) is 5.56 Å². The van der Waals surface area contributed by atoms with Crippen LogP contribution in [0.2, 0.25) is 0 Å². The Balaban J connectivity index is 1.68. The summed E-state index contributed by atoms with van der Waals surface area (Å²) in [6.45, 7) is -0.342. The van der Waals surface area contributed by atoms with Crippen LogP contribution >= 0.6 is 0 Å². The smallest absolute Gasteiger partial charge is 0.263 e. The molecule has 1 aliphatic heterocycles. The van der Waals surface area contributed by atoms with Gasteiger partial charge in [-0.25, -0.2) is 0 Å². The van der Waals surface area contributed by atoms with E-state index in [0.29, 0.717) is 5.56 Å². The van der Waals surface area contributed by atoms with Crippen LogP contribution in [0.15, 0.2) is 54.6 Å². The summed E-state index contributed by atoms with van der Waals surface area (Å²) in [5.74, 6) is -2.44. The molecule has 0 spiro atoms. The van der Waals surface area contributed by atoms with Gasteiger partial charge in [-0.15, -0.1) is 0 Å². The first-order valence-corrected chi connectivity index (χ1v) is 10.1. The lowest BCUT2D eigenvalue weighted by Gasteiger charge is -2.22. The Morgan fingerprint density at radius 1 is 1.00 bits per heavy atom. The number of aromatic hydroxyl groups is 1. The minimum absolute atomic E-state index is 0.0879. The van der Waals surface area contributed by atoms with Crippen LogP contribution in [0, 0.1) is 0 Å². The quantitative estimate of drug-likeness (QED) is 0.327. The van der Waals surface area contributed by atoms with E-state index in [1.807, 2.05) is 30.3 Å². The highest BCUT2D eigenvalue weighted by Gasteiger charge is 2.31. The summed E-state index contributed by atoms with van der Waals surface area (Å²) in [6.07, 6.45) is -1.02. The van der Waals surface area contributed by atoms with Crippen LogP contribution in [0.4, 0.5) is 0 Å². The Morgan fingerprint density at radius 3 is 2.38 bits per heavy atom. The monoisotopic (exact) mass is 439 g/mol. The average Bonchev–Trinajstić information content (AvgIpc) is 2.82. The van der Waals surface area contributed by atoms with Crippen molar-refractivity contribution >= 4 is 23.6 Å². The van der Waals surface area contributed by atoms with Crippen molar-refractivity contribution in [2.75, 3.05) is 6.54 Å². The van der Waals surface area contributed by atoms with E-state index in [4.69, 9.17) is 5.73 Å². The molecule has 4 amide bonds. The summed E-state index contributed by atoms with van der Waals surface area (Å²) in [6, 6.07) is 13.4. The number of carbonyl (C=O) groups excluding carboxylic acids is 4. The number of phenols is 1. The molecular formula is C22H25N5O5. The van der Waals surface area contributed by atoms with E-state index in [1.165, 1.54) is 12.1 Å². The molecule has 0 radical (unpaired) electrons. The van der Waals surface area contributed by atoms with Crippen molar-refractivity contribution in [3.63, 3.8) is 0 Å². The maximum Gasteiger partial charge on any atom is 0.263 e. The summed E-state index contributed by atoms with van der Waals surface area (Å²) < 4.78 is 0. The van der Waals surface area contributed by atoms with Gasteiger partial charge < -0.3 is 32.1 Å². The van der Waals surface area contributed by atoms with Gasteiger partial charge in [0.15, 0.2) is 6.17 Å². The molecule has 0 bridgehead atoms. The number of carbonyl (C=O) groups is 4. The molecule has 0 unspecified atom stereocenters. The molecule has 0 saturated carbocycles. The van der Waals surface area contributed by atoms with Crippen LogP contribution in [-0.2, 0) is 32.0 Å².